The summed E-state index contributed by atoms with van der Waals surface area (Å²) in [6.45, 7) is 2.63. The van der Waals surface area contributed by atoms with Crippen LogP contribution in [-0.2, 0) is 20.7 Å². The van der Waals surface area contributed by atoms with Crippen LogP contribution in [0.2, 0.25) is 0 Å². The second kappa shape index (κ2) is 8.04. The van der Waals surface area contributed by atoms with Gasteiger partial charge in [0.2, 0.25) is 5.91 Å². The van der Waals surface area contributed by atoms with E-state index in [0.717, 1.165) is 23.5 Å². The lowest BCUT2D eigenvalue weighted by Crippen LogP contribution is -2.41. The van der Waals surface area contributed by atoms with Crippen molar-refractivity contribution in [1.29, 1.82) is 0 Å². The maximum atomic E-state index is 12.5. The Morgan fingerprint density at radius 1 is 1.04 bits per heavy atom. The lowest BCUT2D eigenvalue weighted by molar-refractivity contribution is -0.150. The number of likely N-dealkylation sites (tertiary alicyclic amines) is 1. The number of methoxy groups -OCH3 is 1. The van der Waals surface area contributed by atoms with Crippen molar-refractivity contribution in [3.05, 3.63) is 59.7 Å². The average Bonchev–Trinajstić information content (AvgIpc) is 3.14. The molecule has 1 fully saturated rings. The van der Waals surface area contributed by atoms with Crippen molar-refractivity contribution in [2.75, 3.05) is 13.7 Å². The molecule has 1 unspecified atom stereocenters. The first-order valence-electron chi connectivity index (χ1n) is 8.77. The van der Waals surface area contributed by atoms with Crippen LogP contribution in [0.15, 0.2) is 48.5 Å². The number of carbonyl (C=O) groups is 2. The van der Waals surface area contributed by atoms with Gasteiger partial charge in [-0.05, 0) is 49.6 Å². The highest BCUT2D eigenvalue weighted by atomic mass is 16.5. The van der Waals surface area contributed by atoms with Crippen LogP contribution >= 0.6 is 0 Å². The SMILES string of the molecule is COC(=O)C1CCCN1C(=O)Cc1ccc(Oc2ccc(C)cc2)cc1. The Morgan fingerprint density at radius 2 is 1.65 bits per heavy atom. The third kappa shape index (κ3) is 4.23. The molecule has 1 saturated heterocycles. The van der Waals surface area contributed by atoms with Gasteiger partial charge in [0, 0.05) is 6.54 Å². The fourth-order valence-corrected chi connectivity index (χ4v) is 3.14. The summed E-state index contributed by atoms with van der Waals surface area (Å²) in [5.41, 5.74) is 2.07. The molecule has 0 aliphatic carbocycles. The zero-order valence-electron chi connectivity index (χ0n) is 15.1. The maximum Gasteiger partial charge on any atom is 0.328 e. The summed E-state index contributed by atoms with van der Waals surface area (Å²) in [4.78, 5) is 26.0. The molecule has 2 aromatic carbocycles. The zero-order chi connectivity index (χ0) is 18.5. The monoisotopic (exact) mass is 353 g/mol. The Labute approximate surface area is 153 Å². The third-order valence-electron chi connectivity index (χ3n) is 4.58. The first kappa shape index (κ1) is 18.0. The predicted molar refractivity (Wildman–Crippen MR) is 98.2 cm³/mol. The second-order valence-electron chi connectivity index (χ2n) is 6.50. The minimum atomic E-state index is -0.448. The lowest BCUT2D eigenvalue weighted by atomic mass is 10.1. The van der Waals surface area contributed by atoms with Crippen LogP contribution in [0, 0.1) is 6.92 Å². The topological polar surface area (TPSA) is 55.8 Å². The van der Waals surface area contributed by atoms with Gasteiger partial charge in [0.1, 0.15) is 17.5 Å². The van der Waals surface area contributed by atoms with E-state index in [4.69, 9.17) is 9.47 Å². The van der Waals surface area contributed by atoms with Gasteiger partial charge in [-0.3, -0.25) is 4.79 Å². The van der Waals surface area contributed by atoms with E-state index in [9.17, 15) is 9.59 Å². The third-order valence-corrected chi connectivity index (χ3v) is 4.58. The molecule has 3 rings (SSSR count). The summed E-state index contributed by atoms with van der Waals surface area (Å²) in [6.07, 6.45) is 1.76. The number of nitrogens with zero attached hydrogens (tertiary/aromatic N) is 1. The number of ether oxygens (including phenoxy) is 2. The minimum Gasteiger partial charge on any atom is -0.467 e. The summed E-state index contributed by atoms with van der Waals surface area (Å²) in [5, 5.41) is 0. The van der Waals surface area contributed by atoms with Crippen molar-refractivity contribution >= 4 is 11.9 Å². The normalized spacial score (nSPS) is 16.4. The summed E-state index contributed by atoms with van der Waals surface area (Å²) in [6, 6.07) is 14.9. The molecule has 0 radical (unpaired) electrons. The molecule has 1 aliphatic rings. The number of hydrogen-bond donors (Lipinski definition) is 0. The molecule has 26 heavy (non-hydrogen) atoms. The highest BCUT2D eigenvalue weighted by Gasteiger charge is 2.34. The molecule has 5 heteroatoms. The number of esters is 1. The molecule has 0 N–H and O–H groups in total. The van der Waals surface area contributed by atoms with Crippen LogP contribution in [0.1, 0.15) is 24.0 Å². The lowest BCUT2D eigenvalue weighted by Gasteiger charge is -2.22. The van der Waals surface area contributed by atoms with E-state index < -0.39 is 6.04 Å². The van der Waals surface area contributed by atoms with E-state index in [1.54, 1.807) is 4.90 Å². The van der Waals surface area contributed by atoms with Gasteiger partial charge in [-0.15, -0.1) is 0 Å². The van der Waals surface area contributed by atoms with Crippen LogP contribution in [0.5, 0.6) is 11.5 Å². The summed E-state index contributed by atoms with van der Waals surface area (Å²) >= 11 is 0. The molecule has 1 aliphatic heterocycles. The Morgan fingerprint density at radius 3 is 2.27 bits per heavy atom. The van der Waals surface area contributed by atoms with Crippen LogP contribution < -0.4 is 4.74 Å². The van der Waals surface area contributed by atoms with E-state index in [1.807, 2.05) is 55.5 Å². The average molecular weight is 353 g/mol. The Bertz CT molecular complexity index is 768. The largest absolute Gasteiger partial charge is 0.467 e. The predicted octanol–water partition coefficient (Wildman–Crippen LogP) is 3.49. The first-order valence-corrected chi connectivity index (χ1v) is 8.77. The Kier molecular flexibility index (Phi) is 5.56. The van der Waals surface area contributed by atoms with Gasteiger partial charge in [0.15, 0.2) is 0 Å². The molecule has 136 valence electrons. The minimum absolute atomic E-state index is 0.0508. The van der Waals surface area contributed by atoms with Gasteiger partial charge >= 0.3 is 5.97 Å². The van der Waals surface area contributed by atoms with Crippen LogP contribution in [0.3, 0.4) is 0 Å². The van der Waals surface area contributed by atoms with Crippen LogP contribution in [0.25, 0.3) is 0 Å². The van der Waals surface area contributed by atoms with E-state index in [0.29, 0.717) is 13.0 Å². The molecule has 2 aromatic rings. The molecular formula is C21H23NO4. The van der Waals surface area contributed by atoms with Crippen LogP contribution in [-0.4, -0.2) is 36.5 Å². The van der Waals surface area contributed by atoms with E-state index >= 15 is 0 Å². The van der Waals surface area contributed by atoms with Crippen molar-refractivity contribution in [3.63, 3.8) is 0 Å². The molecule has 1 amide bonds. The Balaban J connectivity index is 1.61. The quantitative estimate of drug-likeness (QED) is 0.772. The molecule has 5 nitrogen and oxygen atoms in total. The molecule has 1 heterocycles. The molecule has 1 atom stereocenters. The smallest absolute Gasteiger partial charge is 0.328 e. The van der Waals surface area contributed by atoms with Gasteiger partial charge in [0.25, 0.3) is 0 Å². The van der Waals surface area contributed by atoms with Gasteiger partial charge < -0.3 is 14.4 Å². The van der Waals surface area contributed by atoms with Crippen molar-refractivity contribution in [2.24, 2.45) is 0 Å². The maximum absolute atomic E-state index is 12.5. The van der Waals surface area contributed by atoms with Crippen molar-refractivity contribution < 1.29 is 19.1 Å². The number of carbonyl (C=O) groups excluding carboxylic acids is 2. The number of rotatable bonds is 5. The number of amides is 1. The van der Waals surface area contributed by atoms with Gasteiger partial charge in [0.05, 0.1) is 13.5 Å². The van der Waals surface area contributed by atoms with Crippen molar-refractivity contribution in [1.82, 2.24) is 4.90 Å². The summed E-state index contributed by atoms with van der Waals surface area (Å²) < 4.78 is 10.6. The number of hydrogen-bond acceptors (Lipinski definition) is 4. The first-order chi connectivity index (χ1) is 12.6. The molecule has 0 bridgehead atoms. The Hall–Kier alpha value is -2.82. The molecule has 0 saturated carbocycles. The fraction of sp³-hybridized carbons (Fsp3) is 0.333. The van der Waals surface area contributed by atoms with Crippen molar-refractivity contribution in [3.8, 4) is 11.5 Å². The van der Waals surface area contributed by atoms with Gasteiger partial charge in [-0.1, -0.05) is 29.8 Å². The summed E-state index contributed by atoms with van der Waals surface area (Å²) in [7, 11) is 1.36. The molecular weight excluding hydrogens is 330 g/mol. The highest BCUT2D eigenvalue weighted by molar-refractivity contribution is 5.86. The zero-order valence-corrected chi connectivity index (χ0v) is 15.1. The fourth-order valence-electron chi connectivity index (χ4n) is 3.14. The summed E-state index contributed by atoms with van der Waals surface area (Å²) in [5.74, 6) is 1.11. The van der Waals surface area contributed by atoms with Crippen LogP contribution in [0.4, 0.5) is 0 Å². The van der Waals surface area contributed by atoms with E-state index in [1.165, 1.54) is 12.7 Å². The van der Waals surface area contributed by atoms with Gasteiger partial charge in [-0.25, -0.2) is 4.79 Å². The molecule has 0 aromatic heterocycles. The van der Waals surface area contributed by atoms with Crippen molar-refractivity contribution in [2.45, 2.75) is 32.2 Å². The standard InChI is InChI=1S/C21H23NO4/c1-15-5-9-17(10-6-15)26-18-11-7-16(8-12-18)14-20(23)22-13-3-4-19(22)21(24)25-2/h5-12,19H,3-4,13-14H2,1-2H3. The van der Waals surface area contributed by atoms with Gasteiger partial charge in [-0.2, -0.15) is 0 Å². The number of aryl methyl sites for hydroxylation is 1. The number of benzene rings is 2. The van der Waals surface area contributed by atoms with E-state index in [-0.39, 0.29) is 18.3 Å². The molecule has 0 spiro atoms. The highest BCUT2D eigenvalue weighted by Crippen LogP contribution is 2.23. The van der Waals surface area contributed by atoms with E-state index in [2.05, 4.69) is 0 Å². The second-order valence-corrected chi connectivity index (χ2v) is 6.50.